The molecule has 0 radical (unpaired) electrons. The molecule has 0 aliphatic heterocycles. The van der Waals surface area contributed by atoms with Gasteiger partial charge in [0.05, 0.1) is 12.8 Å². The van der Waals surface area contributed by atoms with Gasteiger partial charge in [-0.3, -0.25) is 14.4 Å². The van der Waals surface area contributed by atoms with E-state index in [0.717, 1.165) is 11.1 Å². The number of carbonyl (C=O) groups is 3. The summed E-state index contributed by atoms with van der Waals surface area (Å²) in [5, 5.41) is 0. The van der Waals surface area contributed by atoms with Crippen molar-refractivity contribution in [3.05, 3.63) is 70.8 Å². The van der Waals surface area contributed by atoms with E-state index in [4.69, 9.17) is 0 Å². The van der Waals surface area contributed by atoms with Gasteiger partial charge in [0.2, 0.25) is 0 Å². The monoisotopic (exact) mass is 294 g/mol. The molecule has 0 N–H and O–H groups in total. The highest BCUT2D eigenvalue weighted by Crippen LogP contribution is 2.10. The molecule has 3 nitrogen and oxygen atoms in total. The number of hydrogen-bond donors (Lipinski definition) is 0. The molecule has 0 saturated heterocycles. The Morgan fingerprint density at radius 3 is 1.27 bits per heavy atom. The topological polar surface area (TPSA) is 51.2 Å². The van der Waals surface area contributed by atoms with Crippen molar-refractivity contribution in [2.45, 2.75) is 26.7 Å². The highest BCUT2D eigenvalue weighted by molar-refractivity contribution is 6.15. The van der Waals surface area contributed by atoms with Crippen LogP contribution in [0.1, 0.15) is 44.7 Å². The molecule has 0 bridgehead atoms. The molecule has 0 aliphatic rings. The Balaban J connectivity index is 1.95. The van der Waals surface area contributed by atoms with E-state index < -0.39 is 0 Å². The summed E-state index contributed by atoms with van der Waals surface area (Å²) in [5.74, 6) is -0.848. The molecular formula is C19H18O3. The minimum Gasteiger partial charge on any atom is -0.299 e. The van der Waals surface area contributed by atoms with Crippen LogP contribution >= 0.6 is 0 Å². The third kappa shape index (κ3) is 4.22. The largest absolute Gasteiger partial charge is 0.299 e. The number of benzene rings is 2. The Kier molecular flexibility index (Phi) is 4.99. The molecule has 0 fully saturated rings. The Morgan fingerprint density at radius 2 is 0.955 bits per heavy atom. The predicted octanol–water partition coefficient (Wildman–Crippen LogP) is 3.72. The van der Waals surface area contributed by atoms with Crippen LogP contribution in [0.2, 0.25) is 0 Å². The summed E-state index contributed by atoms with van der Waals surface area (Å²) in [5.41, 5.74) is 3.11. The quantitative estimate of drug-likeness (QED) is 0.602. The predicted molar refractivity (Wildman–Crippen MR) is 85.3 cm³/mol. The normalized spacial score (nSPS) is 10.3. The number of rotatable bonds is 6. The summed E-state index contributed by atoms with van der Waals surface area (Å²) < 4.78 is 0. The van der Waals surface area contributed by atoms with Crippen molar-refractivity contribution in [3.8, 4) is 0 Å². The number of ketones is 3. The van der Waals surface area contributed by atoms with Crippen LogP contribution in [0, 0.1) is 13.8 Å². The second-order valence-corrected chi connectivity index (χ2v) is 5.47. The minimum absolute atomic E-state index is 0.235. The van der Waals surface area contributed by atoms with E-state index >= 15 is 0 Å². The lowest BCUT2D eigenvalue weighted by Crippen LogP contribution is -2.13. The summed E-state index contributed by atoms with van der Waals surface area (Å²) in [6.45, 7) is 3.86. The van der Waals surface area contributed by atoms with Gasteiger partial charge in [-0.2, -0.15) is 0 Å². The summed E-state index contributed by atoms with van der Waals surface area (Å²) in [6.07, 6.45) is -0.471. The van der Waals surface area contributed by atoms with Gasteiger partial charge in [0, 0.05) is 11.1 Å². The standard InChI is InChI=1S/C19H18O3/c1-13-3-7-15(8-4-13)18(21)11-17(20)12-19(22)16-9-5-14(2)6-10-16/h3-10H,11-12H2,1-2H3. The molecule has 0 aliphatic carbocycles. The fraction of sp³-hybridized carbons (Fsp3) is 0.211. The minimum atomic E-state index is -0.351. The van der Waals surface area contributed by atoms with Crippen molar-refractivity contribution in [2.24, 2.45) is 0 Å². The summed E-state index contributed by atoms with van der Waals surface area (Å²) in [4.78, 5) is 35.9. The Labute approximate surface area is 130 Å². The van der Waals surface area contributed by atoms with E-state index in [2.05, 4.69) is 0 Å². The Hall–Kier alpha value is -2.55. The number of aryl methyl sites for hydroxylation is 2. The first-order chi connectivity index (χ1) is 10.5. The summed E-state index contributed by atoms with van der Waals surface area (Å²) >= 11 is 0. The zero-order valence-corrected chi connectivity index (χ0v) is 12.8. The van der Waals surface area contributed by atoms with Gasteiger partial charge >= 0.3 is 0 Å². The molecule has 0 unspecified atom stereocenters. The van der Waals surface area contributed by atoms with Gasteiger partial charge in [0.15, 0.2) is 11.6 Å². The lowest BCUT2D eigenvalue weighted by Gasteiger charge is -2.03. The van der Waals surface area contributed by atoms with Crippen LogP contribution in [-0.4, -0.2) is 17.3 Å². The van der Waals surface area contributed by atoms with Crippen LogP contribution in [0.4, 0.5) is 0 Å². The molecule has 22 heavy (non-hydrogen) atoms. The average molecular weight is 294 g/mol. The average Bonchev–Trinajstić information content (AvgIpc) is 2.48. The van der Waals surface area contributed by atoms with Crippen LogP contribution < -0.4 is 0 Å². The van der Waals surface area contributed by atoms with E-state index in [0.29, 0.717) is 11.1 Å². The van der Waals surface area contributed by atoms with E-state index in [9.17, 15) is 14.4 Å². The highest BCUT2D eigenvalue weighted by Gasteiger charge is 2.16. The van der Waals surface area contributed by atoms with Gasteiger partial charge in [-0.25, -0.2) is 0 Å². The molecule has 2 aromatic carbocycles. The van der Waals surface area contributed by atoms with Crippen LogP contribution in [-0.2, 0) is 4.79 Å². The molecule has 112 valence electrons. The van der Waals surface area contributed by atoms with Gasteiger partial charge in [-0.1, -0.05) is 59.7 Å². The molecule has 0 atom stereocenters. The first kappa shape index (κ1) is 15.8. The zero-order chi connectivity index (χ0) is 16.1. The van der Waals surface area contributed by atoms with Crippen molar-refractivity contribution in [1.29, 1.82) is 0 Å². The molecule has 2 aromatic rings. The van der Waals surface area contributed by atoms with Crippen molar-refractivity contribution in [2.75, 3.05) is 0 Å². The van der Waals surface area contributed by atoms with E-state index in [1.807, 2.05) is 38.1 Å². The van der Waals surface area contributed by atoms with Gasteiger partial charge < -0.3 is 0 Å². The number of carbonyl (C=O) groups excluding carboxylic acids is 3. The van der Waals surface area contributed by atoms with Crippen LogP contribution in [0.25, 0.3) is 0 Å². The van der Waals surface area contributed by atoms with Crippen molar-refractivity contribution >= 4 is 17.3 Å². The van der Waals surface area contributed by atoms with E-state index in [1.54, 1.807) is 24.3 Å². The fourth-order valence-electron chi connectivity index (χ4n) is 2.10. The van der Waals surface area contributed by atoms with Crippen molar-refractivity contribution in [1.82, 2.24) is 0 Å². The third-order valence-corrected chi connectivity index (χ3v) is 3.46. The van der Waals surface area contributed by atoms with Crippen LogP contribution in [0.15, 0.2) is 48.5 Å². The molecule has 0 amide bonds. The molecule has 0 heterocycles. The maximum Gasteiger partial charge on any atom is 0.170 e. The molecular weight excluding hydrogens is 276 g/mol. The first-order valence-corrected chi connectivity index (χ1v) is 7.17. The van der Waals surface area contributed by atoms with Crippen molar-refractivity contribution < 1.29 is 14.4 Å². The van der Waals surface area contributed by atoms with E-state index in [-0.39, 0.29) is 30.2 Å². The lowest BCUT2D eigenvalue weighted by molar-refractivity contribution is -0.117. The third-order valence-electron chi connectivity index (χ3n) is 3.46. The van der Waals surface area contributed by atoms with Gasteiger partial charge in [-0.15, -0.1) is 0 Å². The van der Waals surface area contributed by atoms with Crippen LogP contribution in [0.3, 0.4) is 0 Å². The smallest absolute Gasteiger partial charge is 0.170 e. The summed E-state index contributed by atoms with van der Waals surface area (Å²) in [7, 11) is 0. The number of hydrogen-bond acceptors (Lipinski definition) is 3. The second kappa shape index (κ2) is 6.94. The SMILES string of the molecule is Cc1ccc(C(=O)CC(=O)CC(=O)c2ccc(C)cc2)cc1. The molecule has 0 spiro atoms. The van der Waals surface area contributed by atoms with Crippen LogP contribution in [0.5, 0.6) is 0 Å². The van der Waals surface area contributed by atoms with Gasteiger partial charge in [0.25, 0.3) is 0 Å². The highest BCUT2D eigenvalue weighted by atomic mass is 16.2. The maximum absolute atomic E-state index is 12.0. The Bertz CT molecular complexity index is 633. The summed E-state index contributed by atoms with van der Waals surface area (Å²) in [6, 6.07) is 14.1. The molecule has 0 aromatic heterocycles. The molecule has 3 heteroatoms. The van der Waals surface area contributed by atoms with Gasteiger partial charge in [-0.05, 0) is 13.8 Å². The van der Waals surface area contributed by atoms with Crippen molar-refractivity contribution in [3.63, 3.8) is 0 Å². The maximum atomic E-state index is 12.0. The number of Topliss-reactive ketones (excluding diaryl/α,β-unsaturated/α-hetero) is 3. The fourth-order valence-corrected chi connectivity index (χ4v) is 2.10. The molecule has 2 rings (SSSR count). The Morgan fingerprint density at radius 1 is 0.636 bits per heavy atom. The lowest BCUT2D eigenvalue weighted by atomic mass is 9.99. The second-order valence-electron chi connectivity index (χ2n) is 5.47. The van der Waals surface area contributed by atoms with E-state index in [1.165, 1.54) is 0 Å². The first-order valence-electron chi connectivity index (χ1n) is 7.17. The van der Waals surface area contributed by atoms with Gasteiger partial charge in [0.1, 0.15) is 5.78 Å². The zero-order valence-electron chi connectivity index (χ0n) is 12.8. The molecule has 0 saturated carbocycles.